The topological polar surface area (TPSA) is 264 Å². The Balaban J connectivity index is 0.00000523. The molecule has 0 spiro atoms. The van der Waals surface area contributed by atoms with Crippen LogP contribution in [0.1, 0.15) is 33.7 Å². The number of anilines is 1. The molecular formula is C31H27ClN7NaO10S2. The fourth-order valence-electron chi connectivity index (χ4n) is 5.88. The van der Waals surface area contributed by atoms with Gasteiger partial charge in [0.2, 0.25) is 0 Å². The Hall–Kier alpha value is -4.40. The Kier molecular flexibility index (Phi) is 12.0. The third-order valence-corrected chi connectivity index (χ3v) is 10.7. The van der Waals surface area contributed by atoms with Crippen LogP contribution in [-0.4, -0.2) is 85.3 Å². The van der Waals surface area contributed by atoms with Crippen LogP contribution in [-0.2, 0) is 43.4 Å². The van der Waals surface area contributed by atoms with Crippen LogP contribution in [0.2, 0.25) is 5.02 Å². The Morgan fingerprint density at radius 3 is 2.67 bits per heavy atom. The van der Waals surface area contributed by atoms with Crippen molar-refractivity contribution >= 4 is 75.2 Å². The maximum absolute atomic E-state index is 13.5. The number of nitrogens with zero attached hydrogens (tertiary/aromatic N) is 4. The number of nitrogens with two attached hydrogens (primary N) is 1. The number of carboxylic acid groups (broad SMARTS) is 2. The number of nitrogen functional groups attached to an aromatic ring is 1. The summed E-state index contributed by atoms with van der Waals surface area (Å²) < 4.78 is 1.98. The van der Waals surface area contributed by atoms with Crippen LogP contribution >= 0.6 is 34.7 Å². The summed E-state index contributed by atoms with van der Waals surface area (Å²) in [5, 5.41) is 51.9. The summed E-state index contributed by atoms with van der Waals surface area (Å²) in [6.07, 6.45) is 4.66. The van der Waals surface area contributed by atoms with E-state index in [1.165, 1.54) is 22.7 Å². The molecule has 1 saturated heterocycles. The maximum atomic E-state index is 13.5. The van der Waals surface area contributed by atoms with E-state index in [2.05, 4.69) is 20.8 Å². The summed E-state index contributed by atoms with van der Waals surface area (Å²) in [7, 11) is 0. The molecule has 6 rings (SSSR count). The van der Waals surface area contributed by atoms with Crippen molar-refractivity contribution in [3.05, 3.63) is 74.6 Å². The van der Waals surface area contributed by atoms with Crippen molar-refractivity contribution in [2.24, 2.45) is 5.16 Å². The third kappa shape index (κ3) is 7.69. The molecule has 3 amide bonds. The van der Waals surface area contributed by atoms with Crippen LogP contribution in [0, 0.1) is 0 Å². The number of nitrogens with one attached hydrogen (secondary N) is 2. The molecule has 1 fully saturated rings. The molecule has 0 unspecified atom stereocenters. The molecule has 0 radical (unpaired) electrons. The number of phenols is 2. The first kappa shape index (κ1) is 38.8. The number of pyridine rings is 1. The van der Waals surface area contributed by atoms with Gasteiger partial charge in [-0.25, -0.2) is 4.98 Å². The summed E-state index contributed by atoms with van der Waals surface area (Å²) in [6.45, 7) is -0.615. The smallest absolute Gasteiger partial charge is 0.548 e. The number of carbonyl (C=O) groups is 5. The Morgan fingerprint density at radius 1 is 1.21 bits per heavy atom. The van der Waals surface area contributed by atoms with Crippen LogP contribution in [0.5, 0.6) is 11.5 Å². The van der Waals surface area contributed by atoms with Gasteiger partial charge >= 0.3 is 29.6 Å². The summed E-state index contributed by atoms with van der Waals surface area (Å²) >= 11 is 8.10. The first-order valence-electron chi connectivity index (χ1n) is 15.2. The second kappa shape index (κ2) is 16.1. The average molecular weight is 780 g/mol. The maximum Gasteiger partial charge on any atom is 1.00 e. The number of fused-ring (bicyclic) bond motifs is 2. The summed E-state index contributed by atoms with van der Waals surface area (Å²) in [5.74, 6) is -7.22. The molecular weight excluding hydrogens is 753 g/mol. The quantitative estimate of drug-likeness (QED) is 0.0288. The van der Waals surface area contributed by atoms with E-state index in [0.29, 0.717) is 5.57 Å². The second-order valence-electron chi connectivity index (χ2n) is 11.5. The van der Waals surface area contributed by atoms with Gasteiger partial charge in [-0.1, -0.05) is 16.8 Å². The van der Waals surface area contributed by atoms with Gasteiger partial charge in [-0.3, -0.25) is 19.3 Å². The molecule has 2 aromatic heterocycles. The number of benzene rings is 1. The van der Waals surface area contributed by atoms with Gasteiger partial charge in [0.15, 0.2) is 40.8 Å². The number of hydrogen-bond donors (Lipinski definition) is 5. The number of thioether (sulfide) groups is 1. The van der Waals surface area contributed by atoms with Crippen molar-refractivity contribution in [3.63, 3.8) is 0 Å². The first-order chi connectivity index (χ1) is 24.3. The molecule has 17 nitrogen and oxygen atoms in total. The van der Waals surface area contributed by atoms with Crippen molar-refractivity contribution < 1.29 is 83.4 Å². The van der Waals surface area contributed by atoms with E-state index in [9.17, 15) is 44.4 Å². The number of carbonyl (C=O) groups excluding carboxylic acids is 5. The number of aryl methyl sites for hydroxylation is 1. The Labute approximate surface area is 329 Å². The van der Waals surface area contributed by atoms with Crippen LogP contribution in [0.4, 0.5) is 5.13 Å². The van der Waals surface area contributed by atoms with E-state index in [1.807, 2.05) is 22.9 Å². The van der Waals surface area contributed by atoms with Gasteiger partial charge in [0.25, 0.3) is 17.7 Å². The Bertz CT molecular complexity index is 2040. The molecule has 0 saturated carbocycles. The minimum Gasteiger partial charge on any atom is -0.548 e. The monoisotopic (exact) mass is 779 g/mol. The minimum atomic E-state index is -1.85. The number of β-lactam (4-membered cyclic amide) rings is 1. The van der Waals surface area contributed by atoms with Crippen molar-refractivity contribution in [1.29, 1.82) is 0 Å². The van der Waals surface area contributed by atoms with Crippen LogP contribution in [0.3, 0.4) is 0 Å². The second-order valence-corrected chi connectivity index (χ2v) is 13.9. The zero-order chi connectivity index (χ0) is 36.6. The minimum absolute atomic E-state index is 0. The molecule has 4 heterocycles. The molecule has 2 aliphatic heterocycles. The van der Waals surface area contributed by atoms with Crippen molar-refractivity contribution in [2.75, 3.05) is 18.1 Å². The van der Waals surface area contributed by atoms with Crippen LogP contribution in [0.25, 0.3) is 0 Å². The van der Waals surface area contributed by atoms with E-state index in [-0.39, 0.29) is 63.9 Å². The van der Waals surface area contributed by atoms with E-state index >= 15 is 0 Å². The predicted octanol–water partition coefficient (Wildman–Crippen LogP) is -5.06. The van der Waals surface area contributed by atoms with Gasteiger partial charge in [0, 0.05) is 34.8 Å². The Morgan fingerprint density at radius 2 is 1.98 bits per heavy atom. The molecule has 266 valence electrons. The van der Waals surface area contributed by atoms with E-state index in [1.54, 1.807) is 0 Å². The summed E-state index contributed by atoms with van der Waals surface area (Å²) in [5.41, 5.74) is 7.33. The number of carboxylic acids is 2. The fourth-order valence-corrected chi connectivity index (χ4v) is 8.01. The standard InChI is InChI=1S/C31H28ClN7O10S2.Na/c32-20-15(6-7-19(40)24(20)41)25(42)34-16(29(45)46)10-49-37-21(17-12-51-31(33)35-17)26(43)36-22-27(44)39-23(30(47)48)14(11-50-28(22)39)9-38-8-2-4-13-3-1-5-18(13)38;/h2,4,6-8,12,16,22,28H,1,3,5,9-11H2,(H7-,33,34,35,36,37,40,41,42,43,45,46,47,48);/q;+1/p-1/t16-,22+,28+;/m0./s1. The number of phenolic OH excluding ortho intramolecular Hbond substituents is 2. The van der Waals surface area contributed by atoms with E-state index < -0.39 is 76.0 Å². The van der Waals surface area contributed by atoms with Gasteiger partial charge in [-0.2, -0.15) is 4.57 Å². The normalized spacial score (nSPS) is 18.4. The van der Waals surface area contributed by atoms with Crippen molar-refractivity contribution in [1.82, 2.24) is 20.5 Å². The number of aliphatic carboxylic acids is 2. The number of aromatic hydroxyl groups is 2. The molecule has 3 aromatic rings. The van der Waals surface area contributed by atoms with Gasteiger partial charge in [-0.05, 0) is 31.0 Å². The van der Waals surface area contributed by atoms with Gasteiger partial charge in [0.05, 0.1) is 28.2 Å². The van der Waals surface area contributed by atoms with Crippen LogP contribution in [0.15, 0.2) is 52.3 Å². The zero-order valence-corrected chi connectivity index (χ0v) is 31.5. The molecule has 52 heavy (non-hydrogen) atoms. The third-order valence-electron chi connectivity index (χ3n) is 8.33. The summed E-state index contributed by atoms with van der Waals surface area (Å²) in [4.78, 5) is 73.9. The van der Waals surface area contributed by atoms with E-state index in [0.717, 1.165) is 53.3 Å². The number of hydrogen-bond acceptors (Lipinski definition) is 15. The van der Waals surface area contributed by atoms with Gasteiger partial charge in [0.1, 0.15) is 29.8 Å². The van der Waals surface area contributed by atoms with Crippen molar-refractivity contribution in [3.8, 4) is 11.5 Å². The van der Waals surface area contributed by atoms with E-state index in [4.69, 9.17) is 22.2 Å². The first-order valence-corrected chi connectivity index (χ1v) is 17.5. The van der Waals surface area contributed by atoms with Gasteiger partial charge < -0.3 is 51.2 Å². The molecule has 1 aliphatic carbocycles. The predicted molar refractivity (Wildman–Crippen MR) is 176 cm³/mol. The molecule has 6 N–H and O–H groups in total. The number of oxime groups is 1. The zero-order valence-electron chi connectivity index (χ0n) is 27.2. The number of thiazole rings is 1. The largest absolute Gasteiger partial charge is 1.00 e. The van der Waals surface area contributed by atoms with Crippen LogP contribution < -0.4 is 60.7 Å². The molecule has 0 bridgehead atoms. The molecule has 1 aromatic carbocycles. The average Bonchev–Trinajstić information content (AvgIpc) is 3.76. The molecule has 3 aliphatic rings. The molecule has 21 heteroatoms. The number of rotatable bonds is 12. The number of aromatic nitrogens is 2. The van der Waals surface area contributed by atoms with Crippen molar-refractivity contribution in [2.45, 2.75) is 43.3 Å². The molecule has 3 atom stereocenters. The van der Waals surface area contributed by atoms with Gasteiger partial charge in [-0.15, -0.1) is 23.1 Å². The fraction of sp³-hybridized carbons (Fsp3) is 0.290. The number of halogens is 1. The summed E-state index contributed by atoms with van der Waals surface area (Å²) in [6, 6.07) is 2.93. The number of amides is 3. The SMILES string of the molecule is Nc1nc(/C(=N/OC[C@H](NC(=O)c2ccc(O)c(O)c2Cl)C(=O)[O-])C(=O)N[C@@H]2C(=O)N3C(C(=O)[O-])=C(C[n+]4cccc5c4CCC5)CS[C@H]23)cs1.[Na+].